The Labute approximate surface area is 141 Å². The van der Waals surface area contributed by atoms with Crippen LogP contribution in [0.15, 0.2) is 29.4 Å². The molecule has 1 unspecified atom stereocenters. The van der Waals surface area contributed by atoms with Crippen molar-refractivity contribution in [3.05, 3.63) is 46.5 Å². The van der Waals surface area contributed by atoms with Crippen LogP contribution in [0.5, 0.6) is 11.5 Å². The third-order valence-corrected chi connectivity index (χ3v) is 3.72. The predicted molar refractivity (Wildman–Crippen MR) is 87.4 cm³/mol. The van der Waals surface area contributed by atoms with Gasteiger partial charge in [0.15, 0.2) is 11.0 Å². The largest absolute Gasteiger partial charge is 0.497 e. The van der Waals surface area contributed by atoms with Crippen molar-refractivity contribution < 1.29 is 16.6 Å². The topological polar surface area (TPSA) is 47.0 Å². The molecule has 1 aromatic heterocycles. The van der Waals surface area contributed by atoms with E-state index in [1.807, 2.05) is 0 Å². The van der Waals surface area contributed by atoms with Crippen LogP contribution in [-0.4, -0.2) is 32.0 Å². The van der Waals surface area contributed by atoms with Crippen LogP contribution in [0.25, 0.3) is 0 Å². The fraction of sp³-hybridized carbons (Fsp3) is 0.250. The zero-order valence-corrected chi connectivity index (χ0v) is 13.3. The van der Waals surface area contributed by atoms with Gasteiger partial charge >= 0.3 is 0 Å². The normalized spacial score (nSPS) is 17.8. The van der Waals surface area contributed by atoms with Crippen LogP contribution < -0.4 is 14.4 Å². The van der Waals surface area contributed by atoms with Crippen molar-refractivity contribution in [2.75, 3.05) is 25.8 Å². The highest BCUT2D eigenvalue weighted by Crippen LogP contribution is 2.33. The Morgan fingerprint density at radius 1 is 1.43 bits per heavy atom. The minimum atomic E-state index is -1.18. The average Bonchev–Trinajstić information content (AvgIpc) is 2.61. The summed E-state index contributed by atoms with van der Waals surface area (Å²) in [5.74, 6) is 0.379. The first kappa shape index (κ1) is 13.1. The van der Waals surface area contributed by atoms with Crippen molar-refractivity contribution in [1.82, 2.24) is 4.98 Å². The minimum absolute atomic E-state index is 0.0397. The first-order valence-electron chi connectivity index (χ1n) is 7.82. The molecular formula is C16H15ClFN3O2. The lowest BCUT2D eigenvalue weighted by Gasteiger charge is -2.28. The molecule has 1 aliphatic rings. The highest BCUT2D eigenvalue weighted by molar-refractivity contribution is 6.30. The molecule has 0 aliphatic carbocycles. The van der Waals surface area contributed by atoms with Gasteiger partial charge in [-0.3, -0.25) is 4.99 Å². The van der Waals surface area contributed by atoms with Gasteiger partial charge in [-0.05, 0) is 12.1 Å². The maximum absolute atomic E-state index is 14.6. The Kier molecular flexibility index (Phi) is 3.66. The SMILES string of the molecule is [2H]C1=NC([2H])N(Cc2ccc(OC)cc2OC)c2c1cnc(Cl)c2F. The minimum Gasteiger partial charge on any atom is -0.497 e. The summed E-state index contributed by atoms with van der Waals surface area (Å²) in [6, 6.07) is 5.22. The van der Waals surface area contributed by atoms with Crippen LogP contribution in [-0.2, 0) is 6.54 Å². The number of hydrogen-bond acceptors (Lipinski definition) is 5. The van der Waals surface area contributed by atoms with E-state index in [0.717, 1.165) is 0 Å². The number of methoxy groups -OCH3 is 2. The number of aromatic nitrogens is 1. The van der Waals surface area contributed by atoms with Crippen LogP contribution in [0, 0.1) is 5.82 Å². The Balaban J connectivity index is 2.06. The standard InChI is InChI=1S/C16H15ClFN3O2/c1-22-12-4-3-10(13(5-12)23-2)8-21-9-19-6-11-7-20-16(17)14(18)15(11)21/h3-7H,8-9H2,1-2H3/i6D,9D. The average molecular weight is 338 g/mol. The summed E-state index contributed by atoms with van der Waals surface area (Å²) < 4.78 is 41.1. The second-order valence-corrected chi connectivity index (χ2v) is 5.15. The lowest BCUT2D eigenvalue weighted by molar-refractivity contribution is 0.390. The number of fused-ring (bicyclic) bond motifs is 1. The van der Waals surface area contributed by atoms with E-state index >= 15 is 0 Å². The molecular weight excluding hydrogens is 321 g/mol. The lowest BCUT2D eigenvalue weighted by atomic mass is 10.1. The molecule has 3 rings (SSSR count). The second-order valence-electron chi connectivity index (χ2n) is 4.79. The maximum atomic E-state index is 14.6. The zero-order valence-electron chi connectivity index (χ0n) is 14.5. The quantitative estimate of drug-likeness (QED) is 0.803. The monoisotopic (exact) mass is 337 g/mol. The highest BCUT2D eigenvalue weighted by atomic mass is 35.5. The van der Waals surface area contributed by atoms with Crippen LogP contribution in [0.2, 0.25) is 5.15 Å². The number of nitrogens with zero attached hydrogens (tertiary/aromatic N) is 3. The van der Waals surface area contributed by atoms with Gasteiger partial charge in [-0.15, -0.1) is 0 Å². The second kappa shape index (κ2) is 6.42. The molecule has 0 spiro atoms. The molecule has 1 aromatic carbocycles. The fourth-order valence-electron chi connectivity index (χ4n) is 2.33. The van der Waals surface area contributed by atoms with Crippen molar-refractivity contribution in [3.63, 3.8) is 0 Å². The Morgan fingerprint density at radius 2 is 2.26 bits per heavy atom. The highest BCUT2D eigenvalue weighted by Gasteiger charge is 2.22. The Bertz CT molecular complexity index is 850. The van der Waals surface area contributed by atoms with Crippen molar-refractivity contribution in [2.24, 2.45) is 4.99 Å². The molecule has 23 heavy (non-hydrogen) atoms. The molecule has 0 radical (unpaired) electrons. The third-order valence-electron chi connectivity index (χ3n) is 3.46. The number of aliphatic imine (C=N–C) groups is 1. The van der Waals surface area contributed by atoms with Gasteiger partial charge in [0, 0.05) is 36.1 Å². The molecule has 2 aromatic rings. The Morgan fingerprint density at radius 3 is 3.00 bits per heavy atom. The smallest absolute Gasteiger partial charge is 0.184 e. The summed E-state index contributed by atoms with van der Waals surface area (Å²) >= 11 is 5.79. The van der Waals surface area contributed by atoms with Crippen LogP contribution in [0.3, 0.4) is 0 Å². The van der Waals surface area contributed by atoms with E-state index in [-0.39, 0.29) is 29.1 Å². The summed E-state index contributed by atoms with van der Waals surface area (Å²) in [5.41, 5.74) is 0.943. The molecule has 2 heterocycles. The van der Waals surface area contributed by atoms with Crippen LogP contribution in [0.4, 0.5) is 10.1 Å². The maximum Gasteiger partial charge on any atom is 0.184 e. The number of benzene rings is 1. The van der Waals surface area contributed by atoms with Gasteiger partial charge in [0.25, 0.3) is 0 Å². The van der Waals surface area contributed by atoms with Gasteiger partial charge in [-0.2, -0.15) is 0 Å². The van der Waals surface area contributed by atoms with E-state index in [1.54, 1.807) is 25.3 Å². The van der Waals surface area contributed by atoms with Gasteiger partial charge in [0.2, 0.25) is 0 Å². The molecule has 120 valence electrons. The molecule has 7 heteroatoms. The van der Waals surface area contributed by atoms with Crippen molar-refractivity contribution in [2.45, 2.75) is 6.54 Å². The number of ether oxygens (including phenoxy) is 2. The lowest BCUT2D eigenvalue weighted by Crippen LogP contribution is -2.28. The van der Waals surface area contributed by atoms with Gasteiger partial charge in [0.05, 0.1) is 22.6 Å². The number of pyridine rings is 1. The van der Waals surface area contributed by atoms with Crippen LogP contribution >= 0.6 is 11.6 Å². The van der Waals surface area contributed by atoms with Gasteiger partial charge in [-0.1, -0.05) is 11.6 Å². The molecule has 5 nitrogen and oxygen atoms in total. The van der Waals surface area contributed by atoms with Crippen molar-refractivity contribution >= 4 is 23.5 Å². The third kappa shape index (κ3) is 2.94. The summed E-state index contributed by atoms with van der Waals surface area (Å²) in [4.78, 5) is 9.05. The number of hydrogen-bond donors (Lipinski definition) is 0. The van der Waals surface area contributed by atoms with Gasteiger partial charge < -0.3 is 14.4 Å². The van der Waals surface area contributed by atoms with E-state index in [9.17, 15) is 4.39 Å². The van der Waals surface area contributed by atoms with Gasteiger partial charge in [0.1, 0.15) is 18.1 Å². The number of anilines is 1. The van der Waals surface area contributed by atoms with E-state index in [2.05, 4.69) is 9.98 Å². The molecule has 0 N–H and O–H groups in total. The zero-order chi connectivity index (χ0) is 18.1. The van der Waals surface area contributed by atoms with Gasteiger partial charge in [-0.25, -0.2) is 9.37 Å². The van der Waals surface area contributed by atoms with Crippen LogP contribution in [0.1, 0.15) is 13.9 Å². The molecule has 0 saturated carbocycles. The molecule has 1 aliphatic heterocycles. The summed E-state index contributed by atoms with van der Waals surface area (Å²) in [6.07, 6.45) is 1.09. The molecule has 0 bridgehead atoms. The van der Waals surface area contributed by atoms with Crippen molar-refractivity contribution in [1.29, 1.82) is 0 Å². The molecule has 0 amide bonds. The summed E-state index contributed by atoms with van der Waals surface area (Å²) in [6.45, 7) is -1.04. The van der Waals surface area contributed by atoms with E-state index in [4.69, 9.17) is 23.8 Å². The number of rotatable bonds is 4. The summed E-state index contributed by atoms with van der Waals surface area (Å²) in [7, 11) is 3.06. The first-order chi connectivity index (χ1) is 12.0. The molecule has 1 atom stereocenters. The van der Waals surface area contributed by atoms with E-state index < -0.39 is 12.5 Å². The molecule has 0 saturated heterocycles. The van der Waals surface area contributed by atoms with Crippen molar-refractivity contribution in [3.8, 4) is 11.5 Å². The van der Waals surface area contributed by atoms with E-state index in [1.165, 1.54) is 18.2 Å². The first-order valence-corrected chi connectivity index (χ1v) is 7.12. The van der Waals surface area contributed by atoms with E-state index in [0.29, 0.717) is 17.1 Å². The molecule has 0 fully saturated rings. The summed E-state index contributed by atoms with van der Waals surface area (Å²) in [5, 5.41) is -0.313. The number of halogens is 2. The Hall–Kier alpha value is -2.34. The fourth-order valence-corrected chi connectivity index (χ4v) is 2.47. The predicted octanol–water partition coefficient (Wildman–Crippen LogP) is 3.29.